The Kier molecular flexibility index (Phi) is 7.52. The van der Waals surface area contributed by atoms with E-state index in [0.717, 1.165) is 17.1 Å². The van der Waals surface area contributed by atoms with Gasteiger partial charge in [0, 0.05) is 19.4 Å². The Balaban J connectivity index is 1.54. The molecule has 2 aromatic heterocycles. The standard InChI is InChI=1S/C20H26N6O4/c1-4-29-19(30-5-2)14-25-13-18(22-24-25)20(27)21-12-15-10-11-26(23-15)16-6-8-17(28-3)9-7-16/h6-11,13,19H,4-5,12,14H2,1-3H3,(H,21,27). The molecule has 1 amide bonds. The average molecular weight is 414 g/mol. The summed E-state index contributed by atoms with van der Waals surface area (Å²) in [6.45, 7) is 5.46. The van der Waals surface area contributed by atoms with Crippen molar-refractivity contribution in [1.29, 1.82) is 0 Å². The van der Waals surface area contributed by atoms with E-state index in [1.807, 2.05) is 50.4 Å². The highest BCUT2D eigenvalue weighted by Crippen LogP contribution is 2.14. The number of nitrogens with one attached hydrogen (secondary N) is 1. The van der Waals surface area contributed by atoms with E-state index in [1.165, 1.54) is 4.68 Å². The quantitative estimate of drug-likeness (QED) is 0.477. The lowest BCUT2D eigenvalue weighted by Gasteiger charge is -2.16. The summed E-state index contributed by atoms with van der Waals surface area (Å²) >= 11 is 0. The van der Waals surface area contributed by atoms with E-state index in [-0.39, 0.29) is 18.1 Å². The number of nitrogens with zero attached hydrogens (tertiary/aromatic N) is 5. The van der Waals surface area contributed by atoms with Crippen molar-refractivity contribution in [2.24, 2.45) is 0 Å². The zero-order chi connectivity index (χ0) is 21.3. The minimum Gasteiger partial charge on any atom is -0.497 e. The Bertz CT molecular complexity index is 931. The molecule has 0 radical (unpaired) electrons. The van der Waals surface area contributed by atoms with Crippen LogP contribution >= 0.6 is 0 Å². The van der Waals surface area contributed by atoms with E-state index < -0.39 is 6.29 Å². The van der Waals surface area contributed by atoms with Gasteiger partial charge >= 0.3 is 0 Å². The fourth-order valence-corrected chi connectivity index (χ4v) is 2.77. The third-order valence-electron chi connectivity index (χ3n) is 4.22. The minimum absolute atomic E-state index is 0.219. The van der Waals surface area contributed by atoms with Crippen LogP contribution in [0.15, 0.2) is 42.7 Å². The maximum Gasteiger partial charge on any atom is 0.273 e. The highest BCUT2D eigenvalue weighted by atomic mass is 16.7. The zero-order valence-corrected chi connectivity index (χ0v) is 17.3. The fraction of sp³-hybridized carbons (Fsp3) is 0.400. The lowest BCUT2D eigenvalue weighted by Crippen LogP contribution is -2.24. The molecule has 0 aliphatic carbocycles. The molecular weight excluding hydrogens is 388 g/mol. The van der Waals surface area contributed by atoms with Crippen LogP contribution in [0.25, 0.3) is 5.69 Å². The van der Waals surface area contributed by atoms with Crippen molar-refractivity contribution in [2.75, 3.05) is 20.3 Å². The number of rotatable bonds is 11. The Morgan fingerprint density at radius 1 is 1.13 bits per heavy atom. The molecule has 1 aromatic carbocycles. The molecule has 0 bridgehead atoms. The van der Waals surface area contributed by atoms with E-state index in [0.29, 0.717) is 19.8 Å². The molecule has 0 saturated heterocycles. The van der Waals surface area contributed by atoms with Crippen LogP contribution in [0.4, 0.5) is 0 Å². The molecular formula is C20H26N6O4. The summed E-state index contributed by atoms with van der Waals surface area (Å²) in [6, 6.07) is 9.39. The van der Waals surface area contributed by atoms with Gasteiger partial charge in [-0.25, -0.2) is 9.36 Å². The first kappa shape index (κ1) is 21.5. The third kappa shape index (κ3) is 5.65. The van der Waals surface area contributed by atoms with E-state index in [2.05, 4.69) is 20.7 Å². The predicted octanol–water partition coefficient (Wildman–Crippen LogP) is 1.80. The molecule has 0 spiro atoms. The van der Waals surface area contributed by atoms with Crippen molar-refractivity contribution in [3.05, 3.63) is 54.1 Å². The number of hydrogen-bond donors (Lipinski definition) is 1. The maximum atomic E-state index is 12.4. The molecule has 0 aliphatic heterocycles. The van der Waals surface area contributed by atoms with Crippen LogP contribution in [0.2, 0.25) is 0 Å². The number of carbonyl (C=O) groups is 1. The van der Waals surface area contributed by atoms with E-state index in [1.54, 1.807) is 18.0 Å². The maximum absolute atomic E-state index is 12.4. The topological polar surface area (TPSA) is 105 Å². The number of ether oxygens (including phenoxy) is 3. The largest absolute Gasteiger partial charge is 0.497 e. The Labute approximate surface area is 174 Å². The normalized spacial score (nSPS) is 11.1. The second-order valence-electron chi connectivity index (χ2n) is 6.30. The lowest BCUT2D eigenvalue weighted by molar-refractivity contribution is -0.145. The number of carbonyl (C=O) groups excluding carboxylic acids is 1. The molecule has 30 heavy (non-hydrogen) atoms. The summed E-state index contributed by atoms with van der Waals surface area (Å²) in [5, 5.41) is 15.2. The van der Waals surface area contributed by atoms with Crippen LogP contribution < -0.4 is 10.1 Å². The number of aromatic nitrogens is 5. The molecule has 1 N–H and O–H groups in total. The molecule has 0 aliphatic rings. The minimum atomic E-state index is -0.431. The first-order chi connectivity index (χ1) is 14.6. The van der Waals surface area contributed by atoms with Gasteiger partial charge < -0.3 is 19.5 Å². The van der Waals surface area contributed by atoms with Crippen molar-refractivity contribution in [1.82, 2.24) is 30.1 Å². The van der Waals surface area contributed by atoms with E-state index in [9.17, 15) is 4.79 Å². The van der Waals surface area contributed by atoms with Crippen LogP contribution in [0, 0.1) is 0 Å². The second kappa shape index (κ2) is 10.5. The third-order valence-corrected chi connectivity index (χ3v) is 4.22. The SMILES string of the molecule is CCOC(Cn1cc(C(=O)NCc2ccn(-c3ccc(OC)cc3)n2)nn1)OCC. The van der Waals surface area contributed by atoms with Gasteiger partial charge in [0.15, 0.2) is 12.0 Å². The average Bonchev–Trinajstić information content (AvgIpc) is 3.42. The van der Waals surface area contributed by atoms with Crippen LogP contribution in [0.3, 0.4) is 0 Å². The first-order valence-corrected chi connectivity index (χ1v) is 9.73. The Morgan fingerprint density at radius 2 is 1.87 bits per heavy atom. The van der Waals surface area contributed by atoms with Gasteiger partial charge in [0.2, 0.25) is 0 Å². The van der Waals surface area contributed by atoms with Crippen molar-refractivity contribution in [2.45, 2.75) is 33.2 Å². The number of methoxy groups -OCH3 is 1. The molecule has 0 unspecified atom stereocenters. The number of amides is 1. The molecule has 0 saturated carbocycles. The van der Waals surface area contributed by atoms with Crippen molar-refractivity contribution in [3.63, 3.8) is 0 Å². The molecule has 10 nitrogen and oxygen atoms in total. The Hall–Kier alpha value is -3.24. The molecule has 3 aromatic rings. The lowest BCUT2D eigenvalue weighted by atomic mass is 10.3. The smallest absolute Gasteiger partial charge is 0.273 e. The van der Waals surface area contributed by atoms with E-state index in [4.69, 9.17) is 14.2 Å². The van der Waals surface area contributed by atoms with Crippen LogP contribution in [0.1, 0.15) is 30.0 Å². The summed E-state index contributed by atoms with van der Waals surface area (Å²) < 4.78 is 19.4. The van der Waals surface area contributed by atoms with Crippen molar-refractivity contribution in [3.8, 4) is 11.4 Å². The van der Waals surface area contributed by atoms with Gasteiger partial charge in [0.25, 0.3) is 5.91 Å². The summed E-state index contributed by atoms with van der Waals surface area (Å²) in [4.78, 5) is 12.4. The summed E-state index contributed by atoms with van der Waals surface area (Å²) in [6.07, 6.45) is 2.97. The van der Waals surface area contributed by atoms with Crippen LogP contribution in [0.5, 0.6) is 5.75 Å². The van der Waals surface area contributed by atoms with Gasteiger partial charge in [0.1, 0.15) is 5.75 Å². The van der Waals surface area contributed by atoms with Gasteiger partial charge in [-0.05, 0) is 44.2 Å². The number of benzene rings is 1. The molecule has 2 heterocycles. The van der Waals surface area contributed by atoms with Gasteiger partial charge in [-0.15, -0.1) is 5.10 Å². The summed E-state index contributed by atoms with van der Waals surface area (Å²) in [5.74, 6) is 0.449. The van der Waals surface area contributed by atoms with Crippen LogP contribution in [-0.4, -0.2) is 57.3 Å². The van der Waals surface area contributed by atoms with Gasteiger partial charge in [-0.2, -0.15) is 5.10 Å². The highest BCUT2D eigenvalue weighted by Gasteiger charge is 2.15. The van der Waals surface area contributed by atoms with Crippen LogP contribution in [-0.2, 0) is 22.6 Å². The zero-order valence-electron chi connectivity index (χ0n) is 17.3. The van der Waals surface area contributed by atoms with E-state index >= 15 is 0 Å². The summed E-state index contributed by atoms with van der Waals surface area (Å²) in [5.41, 5.74) is 1.84. The Morgan fingerprint density at radius 3 is 2.53 bits per heavy atom. The highest BCUT2D eigenvalue weighted by molar-refractivity contribution is 5.91. The molecule has 160 valence electrons. The molecule has 0 atom stereocenters. The first-order valence-electron chi connectivity index (χ1n) is 9.73. The molecule has 0 fully saturated rings. The van der Waals surface area contributed by atoms with Gasteiger partial charge in [-0.3, -0.25) is 4.79 Å². The monoisotopic (exact) mass is 414 g/mol. The van der Waals surface area contributed by atoms with Crippen molar-refractivity contribution < 1.29 is 19.0 Å². The molecule has 3 rings (SSSR count). The van der Waals surface area contributed by atoms with Crippen molar-refractivity contribution >= 4 is 5.91 Å². The second-order valence-corrected chi connectivity index (χ2v) is 6.30. The number of hydrogen-bond acceptors (Lipinski definition) is 7. The molecule has 10 heteroatoms. The van der Waals surface area contributed by atoms with Gasteiger partial charge in [-0.1, -0.05) is 5.21 Å². The fourth-order valence-electron chi connectivity index (χ4n) is 2.77. The summed E-state index contributed by atoms with van der Waals surface area (Å²) in [7, 11) is 1.62. The predicted molar refractivity (Wildman–Crippen MR) is 108 cm³/mol. The van der Waals surface area contributed by atoms with Gasteiger partial charge in [0.05, 0.1) is 37.8 Å².